The first-order chi connectivity index (χ1) is 9.51. The summed E-state index contributed by atoms with van der Waals surface area (Å²) < 4.78 is 1.20. The smallest absolute Gasteiger partial charge is 0.0511 e. The van der Waals surface area contributed by atoms with Crippen LogP contribution in [0.15, 0.2) is 40.9 Å². The van der Waals surface area contributed by atoms with Gasteiger partial charge in [0.2, 0.25) is 0 Å². The van der Waals surface area contributed by atoms with Crippen molar-refractivity contribution < 1.29 is 0 Å². The fourth-order valence-electron chi connectivity index (χ4n) is 2.45. The molecule has 106 valence electrons. The molecule has 0 saturated heterocycles. The van der Waals surface area contributed by atoms with Crippen molar-refractivity contribution in [2.75, 3.05) is 5.32 Å². The molecule has 0 saturated carbocycles. The van der Waals surface area contributed by atoms with Gasteiger partial charge in [-0.05, 0) is 56.0 Å². The van der Waals surface area contributed by atoms with E-state index in [1.54, 1.807) is 0 Å². The molecule has 0 heterocycles. The van der Waals surface area contributed by atoms with Crippen molar-refractivity contribution in [3.63, 3.8) is 0 Å². The van der Waals surface area contributed by atoms with E-state index < -0.39 is 0 Å². The Bertz CT molecular complexity index is 564. The number of anilines is 1. The van der Waals surface area contributed by atoms with Crippen molar-refractivity contribution >= 4 is 21.6 Å². The second kappa shape index (κ2) is 6.45. The molecule has 0 bridgehead atoms. The molecule has 1 atom stereocenters. The zero-order chi connectivity index (χ0) is 14.7. The third kappa shape index (κ3) is 3.43. The van der Waals surface area contributed by atoms with Gasteiger partial charge in [-0.25, -0.2) is 0 Å². The standard InChI is InChI=1S/C18H22BrN/c1-5-17(15-8-6-12(2)7-9-15)20-16-10-13(3)18(19)14(4)11-16/h6-11,17,20H,5H2,1-4H3. The first-order valence-electron chi connectivity index (χ1n) is 7.11. The highest BCUT2D eigenvalue weighted by Crippen LogP contribution is 2.28. The molecular weight excluding hydrogens is 310 g/mol. The van der Waals surface area contributed by atoms with Crippen molar-refractivity contribution in [3.05, 3.63) is 63.1 Å². The maximum Gasteiger partial charge on any atom is 0.0511 e. The lowest BCUT2D eigenvalue weighted by atomic mass is 10.0. The average molecular weight is 332 g/mol. The van der Waals surface area contributed by atoms with Gasteiger partial charge in [-0.15, -0.1) is 0 Å². The zero-order valence-electron chi connectivity index (χ0n) is 12.6. The van der Waals surface area contributed by atoms with Crippen LogP contribution in [0.4, 0.5) is 5.69 Å². The van der Waals surface area contributed by atoms with Crippen molar-refractivity contribution in [3.8, 4) is 0 Å². The summed E-state index contributed by atoms with van der Waals surface area (Å²) in [6.45, 7) is 8.61. The van der Waals surface area contributed by atoms with E-state index in [1.165, 1.54) is 32.4 Å². The molecule has 0 amide bonds. The van der Waals surface area contributed by atoms with Crippen molar-refractivity contribution in [1.29, 1.82) is 0 Å². The second-order valence-corrected chi connectivity index (χ2v) is 6.23. The summed E-state index contributed by atoms with van der Waals surface area (Å²) in [5.41, 5.74) is 6.38. The molecule has 0 aliphatic carbocycles. The molecule has 20 heavy (non-hydrogen) atoms. The van der Waals surface area contributed by atoms with Gasteiger partial charge >= 0.3 is 0 Å². The average Bonchev–Trinajstić information content (AvgIpc) is 2.43. The van der Waals surface area contributed by atoms with Crippen LogP contribution in [0.3, 0.4) is 0 Å². The summed E-state index contributed by atoms with van der Waals surface area (Å²) in [5.74, 6) is 0. The van der Waals surface area contributed by atoms with E-state index >= 15 is 0 Å². The summed E-state index contributed by atoms with van der Waals surface area (Å²) in [7, 11) is 0. The molecule has 2 heteroatoms. The molecule has 0 aliphatic heterocycles. The van der Waals surface area contributed by atoms with Gasteiger partial charge in [-0.1, -0.05) is 52.7 Å². The van der Waals surface area contributed by atoms with Crippen molar-refractivity contribution in [2.45, 2.75) is 40.2 Å². The topological polar surface area (TPSA) is 12.0 Å². The van der Waals surface area contributed by atoms with Crippen LogP contribution < -0.4 is 5.32 Å². The van der Waals surface area contributed by atoms with Crippen LogP contribution >= 0.6 is 15.9 Å². The highest BCUT2D eigenvalue weighted by atomic mass is 79.9. The first kappa shape index (κ1) is 15.1. The predicted molar refractivity (Wildman–Crippen MR) is 91.4 cm³/mol. The minimum atomic E-state index is 0.357. The second-order valence-electron chi connectivity index (χ2n) is 5.44. The van der Waals surface area contributed by atoms with Gasteiger partial charge < -0.3 is 5.32 Å². The van der Waals surface area contributed by atoms with E-state index in [0.717, 1.165) is 6.42 Å². The number of hydrogen-bond acceptors (Lipinski definition) is 1. The van der Waals surface area contributed by atoms with Gasteiger partial charge in [0.15, 0.2) is 0 Å². The minimum Gasteiger partial charge on any atom is -0.378 e. The van der Waals surface area contributed by atoms with Crippen LogP contribution in [0.5, 0.6) is 0 Å². The van der Waals surface area contributed by atoms with Crippen LogP contribution in [-0.2, 0) is 0 Å². The third-order valence-corrected chi connectivity index (χ3v) is 4.92. The maximum absolute atomic E-state index is 3.65. The van der Waals surface area contributed by atoms with Gasteiger partial charge in [0.05, 0.1) is 6.04 Å². The lowest BCUT2D eigenvalue weighted by Crippen LogP contribution is -2.10. The summed E-state index contributed by atoms with van der Waals surface area (Å²) in [5, 5.41) is 3.65. The van der Waals surface area contributed by atoms with Crippen LogP contribution in [0.2, 0.25) is 0 Å². The summed E-state index contributed by atoms with van der Waals surface area (Å²) >= 11 is 3.62. The van der Waals surface area contributed by atoms with E-state index in [4.69, 9.17) is 0 Å². The quantitative estimate of drug-likeness (QED) is 0.731. The number of benzene rings is 2. The van der Waals surface area contributed by atoms with E-state index in [-0.39, 0.29) is 0 Å². The molecule has 0 aliphatic rings. The molecule has 2 aromatic carbocycles. The first-order valence-corrected chi connectivity index (χ1v) is 7.90. The molecule has 0 aromatic heterocycles. The third-order valence-electron chi connectivity index (χ3n) is 3.67. The minimum absolute atomic E-state index is 0.357. The van der Waals surface area contributed by atoms with Crippen molar-refractivity contribution in [2.24, 2.45) is 0 Å². The molecule has 0 spiro atoms. The fraction of sp³-hybridized carbons (Fsp3) is 0.333. The van der Waals surface area contributed by atoms with Crippen LogP contribution in [0.25, 0.3) is 0 Å². The van der Waals surface area contributed by atoms with Crippen LogP contribution in [0, 0.1) is 20.8 Å². The van der Waals surface area contributed by atoms with Crippen LogP contribution in [-0.4, -0.2) is 0 Å². The van der Waals surface area contributed by atoms with Gasteiger partial charge in [-0.3, -0.25) is 0 Å². The molecule has 2 rings (SSSR count). The normalized spacial score (nSPS) is 12.2. The van der Waals surface area contributed by atoms with E-state index in [9.17, 15) is 0 Å². The summed E-state index contributed by atoms with van der Waals surface area (Å²) in [4.78, 5) is 0. The molecule has 1 N–H and O–H groups in total. The van der Waals surface area contributed by atoms with E-state index in [1.807, 2.05) is 0 Å². The Morgan fingerprint density at radius 3 is 2.05 bits per heavy atom. The van der Waals surface area contributed by atoms with Gasteiger partial charge in [0.25, 0.3) is 0 Å². The van der Waals surface area contributed by atoms with E-state index in [0.29, 0.717) is 6.04 Å². The Morgan fingerprint density at radius 1 is 1.00 bits per heavy atom. The summed E-state index contributed by atoms with van der Waals surface area (Å²) in [6, 6.07) is 13.6. The number of halogens is 1. The Hall–Kier alpha value is -1.28. The number of rotatable bonds is 4. The van der Waals surface area contributed by atoms with Crippen molar-refractivity contribution in [1.82, 2.24) is 0 Å². The predicted octanol–water partition coefficient (Wildman–Crippen LogP) is 5.94. The molecular formula is C18H22BrN. The highest BCUT2D eigenvalue weighted by molar-refractivity contribution is 9.10. The monoisotopic (exact) mass is 331 g/mol. The number of nitrogens with one attached hydrogen (secondary N) is 1. The lowest BCUT2D eigenvalue weighted by Gasteiger charge is -2.20. The summed E-state index contributed by atoms with van der Waals surface area (Å²) in [6.07, 6.45) is 1.07. The molecule has 1 unspecified atom stereocenters. The Morgan fingerprint density at radius 2 is 1.55 bits per heavy atom. The Labute approximate surface area is 130 Å². The lowest BCUT2D eigenvalue weighted by molar-refractivity contribution is 0.749. The largest absolute Gasteiger partial charge is 0.378 e. The molecule has 1 nitrogen and oxygen atoms in total. The van der Waals surface area contributed by atoms with Gasteiger partial charge in [-0.2, -0.15) is 0 Å². The van der Waals surface area contributed by atoms with E-state index in [2.05, 4.69) is 85.3 Å². The SMILES string of the molecule is CCC(Nc1cc(C)c(Br)c(C)c1)c1ccc(C)cc1. The fourth-order valence-corrected chi connectivity index (χ4v) is 2.68. The van der Waals surface area contributed by atoms with Crippen LogP contribution in [0.1, 0.15) is 41.6 Å². The number of hydrogen-bond donors (Lipinski definition) is 1. The number of aryl methyl sites for hydroxylation is 3. The van der Waals surface area contributed by atoms with Gasteiger partial charge in [0, 0.05) is 10.2 Å². The molecule has 0 fully saturated rings. The van der Waals surface area contributed by atoms with Gasteiger partial charge in [0.1, 0.15) is 0 Å². The highest BCUT2D eigenvalue weighted by Gasteiger charge is 2.10. The Balaban J connectivity index is 2.24. The Kier molecular flexibility index (Phi) is 4.87. The zero-order valence-corrected chi connectivity index (χ0v) is 14.2. The molecule has 0 radical (unpaired) electrons. The maximum atomic E-state index is 3.65. The molecule has 2 aromatic rings.